The molecular weight excluding hydrogens is 468 g/mol. The lowest BCUT2D eigenvalue weighted by Crippen LogP contribution is -2.30. The second kappa shape index (κ2) is 9.73. The molecule has 0 aliphatic carbocycles. The first-order valence-corrected chi connectivity index (χ1v) is 12.1. The lowest BCUT2D eigenvalue weighted by molar-refractivity contribution is 0.112. The second-order valence-electron chi connectivity index (χ2n) is 8.28. The quantitative estimate of drug-likeness (QED) is 0.421. The number of carbonyl (C=O) groups is 1. The molecule has 32 heavy (non-hydrogen) atoms. The normalized spacial score (nSPS) is 14.0. The minimum absolute atomic E-state index is 0.188. The molecule has 0 spiro atoms. The molecule has 0 bridgehead atoms. The van der Waals surface area contributed by atoms with Crippen molar-refractivity contribution in [3.63, 3.8) is 0 Å². The van der Waals surface area contributed by atoms with Gasteiger partial charge in [0.15, 0.2) is 6.29 Å². The van der Waals surface area contributed by atoms with Crippen molar-refractivity contribution in [3.8, 4) is 11.3 Å². The Hall–Kier alpha value is -2.22. The fourth-order valence-corrected chi connectivity index (χ4v) is 5.30. The van der Waals surface area contributed by atoms with E-state index in [1.54, 1.807) is 7.11 Å². The average Bonchev–Trinajstić information content (AvgIpc) is 3.13. The second-order valence-corrected chi connectivity index (χ2v) is 9.20. The van der Waals surface area contributed by atoms with E-state index in [9.17, 15) is 4.79 Å². The van der Waals surface area contributed by atoms with Crippen LogP contribution < -0.4 is 10.2 Å². The van der Waals surface area contributed by atoms with Crippen molar-refractivity contribution in [2.75, 3.05) is 38.7 Å². The van der Waals surface area contributed by atoms with E-state index in [0.717, 1.165) is 83.4 Å². The predicted molar refractivity (Wildman–Crippen MR) is 134 cm³/mol. The first kappa shape index (κ1) is 23.0. The van der Waals surface area contributed by atoms with Gasteiger partial charge in [0, 0.05) is 54.3 Å². The lowest BCUT2D eigenvalue weighted by atomic mass is 10.0. The molecule has 0 saturated carbocycles. The van der Waals surface area contributed by atoms with Crippen LogP contribution in [0.2, 0.25) is 0 Å². The topological polar surface area (TPSA) is 59.4 Å². The Balaban J connectivity index is 2.01. The van der Waals surface area contributed by atoms with Crippen LogP contribution in [0.3, 0.4) is 0 Å². The number of benzene rings is 1. The van der Waals surface area contributed by atoms with E-state index in [0.29, 0.717) is 0 Å². The summed E-state index contributed by atoms with van der Waals surface area (Å²) in [6.07, 6.45) is 4.80. The summed E-state index contributed by atoms with van der Waals surface area (Å²) in [4.78, 5) is 19.6. The van der Waals surface area contributed by atoms with Crippen LogP contribution in [0.15, 0.2) is 28.9 Å². The van der Waals surface area contributed by atoms with Gasteiger partial charge in [-0.05, 0) is 57.5 Å². The number of carbonyl (C=O) groups excluding carboxylic acids is 1. The number of hydrogen-bond donors (Lipinski definition) is 1. The van der Waals surface area contributed by atoms with E-state index in [1.165, 1.54) is 11.1 Å². The Morgan fingerprint density at radius 1 is 1.38 bits per heavy atom. The Morgan fingerprint density at radius 2 is 2.19 bits per heavy atom. The average molecular weight is 499 g/mol. The van der Waals surface area contributed by atoms with Gasteiger partial charge in [0.25, 0.3) is 0 Å². The Morgan fingerprint density at radius 3 is 2.88 bits per heavy atom. The zero-order valence-electron chi connectivity index (χ0n) is 19.2. The molecule has 6 nitrogen and oxygen atoms in total. The van der Waals surface area contributed by atoms with E-state index >= 15 is 0 Å². The predicted octanol–water partition coefficient (Wildman–Crippen LogP) is 4.98. The molecule has 1 aromatic carbocycles. The highest BCUT2D eigenvalue weighted by Crippen LogP contribution is 2.42. The number of halogens is 1. The van der Waals surface area contributed by atoms with Crippen molar-refractivity contribution in [2.24, 2.45) is 0 Å². The number of rotatable bonds is 9. The fourth-order valence-electron chi connectivity index (χ4n) is 4.80. The minimum atomic E-state index is -0.188. The first-order valence-electron chi connectivity index (χ1n) is 11.3. The molecule has 3 aromatic rings. The van der Waals surface area contributed by atoms with Gasteiger partial charge in [0.2, 0.25) is 0 Å². The number of nitrogens with one attached hydrogen (secondary N) is 1. The number of ether oxygens (including phenoxy) is 1. The van der Waals surface area contributed by atoms with E-state index in [1.807, 2.05) is 20.2 Å². The Kier molecular flexibility index (Phi) is 6.98. The van der Waals surface area contributed by atoms with Crippen LogP contribution in [0, 0.1) is 0 Å². The number of pyridine rings is 1. The number of hydrogen-bond acceptors (Lipinski definition) is 5. The zero-order valence-corrected chi connectivity index (χ0v) is 20.8. The van der Waals surface area contributed by atoms with Crippen LogP contribution >= 0.6 is 15.9 Å². The van der Waals surface area contributed by atoms with E-state index in [-0.39, 0.29) is 6.10 Å². The molecule has 7 heteroatoms. The maximum absolute atomic E-state index is 12.5. The molecule has 1 atom stereocenters. The molecule has 2 aromatic heterocycles. The Bertz CT molecular complexity index is 1140. The van der Waals surface area contributed by atoms with Crippen molar-refractivity contribution >= 4 is 38.8 Å². The number of aryl methyl sites for hydroxylation is 2. The molecular formula is C25H31BrN4O2. The van der Waals surface area contributed by atoms with E-state index in [2.05, 4.69) is 55.8 Å². The monoisotopic (exact) mass is 498 g/mol. The molecule has 0 amide bonds. The minimum Gasteiger partial charge on any atom is -0.375 e. The molecule has 1 aliphatic heterocycles. The molecule has 1 aliphatic rings. The van der Waals surface area contributed by atoms with Crippen LogP contribution in [-0.4, -0.2) is 49.6 Å². The maximum atomic E-state index is 12.5. The Labute approximate surface area is 198 Å². The van der Waals surface area contributed by atoms with Crippen LogP contribution in [0.1, 0.15) is 48.0 Å². The van der Waals surface area contributed by atoms with Gasteiger partial charge in [0.1, 0.15) is 0 Å². The molecule has 0 fully saturated rings. The van der Waals surface area contributed by atoms with Gasteiger partial charge in [-0.25, -0.2) is 0 Å². The van der Waals surface area contributed by atoms with Gasteiger partial charge in [-0.15, -0.1) is 0 Å². The van der Waals surface area contributed by atoms with Crippen molar-refractivity contribution in [3.05, 3.63) is 45.7 Å². The molecule has 170 valence electrons. The summed E-state index contributed by atoms with van der Waals surface area (Å²) in [5.41, 5.74) is 7.01. The fraction of sp³-hybridized carbons (Fsp3) is 0.440. The molecule has 3 heterocycles. The summed E-state index contributed by atoms with van der Waals surface area (Å²) in [7, 11) is 3.66. The molecule has 1 unspecified atom stereocenters. The molecule has 0 saturated heterocycles. The number of anilines is 1. The van der Waals surface area contributed by atoms with Gasteiger partial charge in [-0.3, -0.25) is 9.78 Å². The highest BCUT2D eigenvalue weighted by Gasteiger charge is 2.27. The zero-order chi connectivity index (χ0) is 22.8. The number of nitrogens with zero attached hydrogens (tertiary/aromatic N) is 3. The summed E-state index contributed by atoms with van der Waals surface area (Å²) in [6, 6.07) is 6.43. The molecule has 0 radical (unpaired) electrons. The lowest BCUT2D eigenvalue weighted by Gasteiger charge is -2.26. The smallest absolute Gasteiger partial charge is 0.152 e. The standard InChI is InChI=1S/C25H31BrN4O2/c1-5-29(10-8-27-3)19-13-21(23(28-14-19)16(2)32-4)25-22(15-31)20-12-18(26)11-17-7-6-9-30(25)24(17)20/h11-16,27H,5-10H2,1-4H3. The highest BCUT2D eigenvalue weighted by molar-refractivity contribution is 9.10. The van der Waals surface area contributed by atoms with Crippen LogP contribution in [0.4, 0.5) is 5.69 Å². The van der Waals surface area contributed by atoms with Crippen LogP contribution in [0.25, 0.3) is 22.2 Å². The highest BCUT2D eigenvalue weighted by atomic mass is 79.9. The summed E-state index contributed by atoms with van der Waals surface area (Å²) in [5.74, 6) is 0. The number of aldehydes is 1. The third-order valence-electron chi connectivity index (χ3n) is 6.46. The van der Waals surface area contributed by atoms with Crippen LogP contribution in [-0.2, 0) is 17.7 Å². The number of aromatic nitrogens is 2. The third kappa shape index (κ3) is 3.98. The summed E-state index contributed by atoms with van der Waals surface area (Å²) >= 11 is 3.64. The summed E-state index contributed by atoms with van der Waals surface area (Å²) in [5, 5.41) is 4.23. The third-order valence-corrected chi connectivity index (χ3v) is 6.92. The van der Waals surface area contributed by atoms with E-state index in [4.69, 9.17) is 9.72 Å². The van der Waals surface area contributed by atoms with Gasteiger partial charge in [-0.1, -0.05) is 15.9 Å². The first-order chi connectivity index (χ1) is 15.5. The van der Waals surface area contributed by atoms with Gasteiger partial charge >= 0.3 is 0 Å². The van der Waals surface area contributed by atoms with Crippen molar-refractivity contribution in [1.29, 1.82) is 0 Å². The van der Waals surface area contributed by atoms with Gasteiger partial charge in [-0.2, -0.15) is 0 Å². The largest absolute Gasteiger partial charge is 0.375 e. The van der Waals surface area contributed by atoms with E-state index < -0.39 is 0 Å². The van der Waals surface area contributed by atoms with Crippen molar-refractivity contribution in [2.45, 2.75) is 39.3 Å². The number of likely N-dealkylation sites (N-methyl/N-ethyl adjacent to an activating group) is 2. The SMILES string of the molecule is CCN(CCNC)c1cnc(C(C)OC)c(-c2c(C=O)c3cc(Br)cc4c3n2CCC4)c1. The van der Waals surface area contributed by atoms with Crippen LogP contribution in [0.5, 0.6) is 0 Å². The van der Waals surface area contributed by atoms with Crippen molar-refractivity contribution in [1.82, 2.24) is 14.9 Å². The van der Waals surface area contributed by atoms with Crippen molar-refractivity contribution < 1.29 is 9.53 Å². The molecule has 1 N–H and O–H groups in total. The van der Waals surface area contributed by atoms with Gasteiger partial charge in [0.05, 0.1) is 34.9 Å². The van der Waals surface area contributed by atoms with Gasteiger partial charge < -0.3 is 19.5 Å². The summed E-state index contributed by atoms with van der Waals surface area (Å²) in [6.45, 7) is 7.69. The maximum Gasteiger partial charge on any atom is 0.152 e. The molecule has 4 rings (SSSR count). The number of methoxy groups -OCH3 is 1. The summed E-state index contributed by atoms with van der Waals surface area (Å²) < 4.78 is 9.01.